The Morgan fingerprint density at radius 1 is 1.31 bits per heavy atom. The Morgan fingerprint density at radius 3 is 2.62 bits per heavy atom. The molecule has 1 N–H and O–H groups in total. The third kappa shape index (κ3) is 4.76. The average Bonchev–Trinajstić information content (AvgIpc) is 3.04. The van der Waals surface area contributed by atoms with Crippen LogP contribution in [0.1, 0.15) is 43.7 Å². The van der Waals surface area contributed by atoms with E-state index in [1.165, 1.54) is 0 Å². The van der Waals surface area contributed by atoms with E-state index in [1.54, 1.807) is 10.9 Å². The maximum atomic E-state index is 12.8. The molecule has 0 spiro atoms. The second-order valence-electron chi connectivity index (χ2n) is 7.23. The van der Waals surface area contributed by atoms with Gasteiger partial charge in [0.1, 0.15) is 6.04 Å². The molecule has 1 unspecified atom stereocenters. The van der Waals surface area contributed by atoms with Crippen LogP contribution in [-0.4, -0.2) is 64.6 Å². The summed E-state index contributed by atoms with van der Waals surface area (Å²) < 4.78 is 1.72. The van der Waals surface area contributed by atoms with E-state index in [0.717, 1.165) is 57.4 Å². The van der Waals surface area contributed by atoms with Gasteiger partial charge in [-0.25, -0.2) is 0 Å². The van der Waals surface area contributed by atoms with Gasteiger partial charge in [-0.15, -0.1) is 12.4 Å². The largest absolute Gasteiger partial charge is 0.342 e. The molecule has 3 heterocycles. The summed E-state index contributed by atoms with van der Waals surface area (Å²) in [6, 6.07) is -0.339. The molecule has 2 fully saturated rings. The van der Waals surface area contributed by atoms with Gasteiger partial charge in [-0.1, -0.05) is 0 Å². The number of amides is 2. The van der Waals surface area contributed by atoms with E-state index in [9.17, 15) is 9.59 Å². The summed E-state index contributed by atoms with van der Waals surface area (Å²) in [7, 11) is 3.67. The van der Waals surface area contributed by atoms with Crippen molar-refractivity contribution in [2.75, 3.05) is 33.2 Å². The van der Waals surface area contributed by atoms with Crippen molar-refractivity contribution in [2.24, 2.45) is 13.0 Å². The number of piperidine rings is 2. The molecule has 1 aromatic rings. The second kappa shape index (κ2) is 9.37. The van der Waals surface area contributed by atoms with Gasteiger partial charge in [0.15, 0.2) is 0 Å². The van der Waals surface area contributed by atoms with E-state index in [0.29, 0.717) is 18.2 Å². The minimum Gasteiger partial charge on any atom is -0.342 e. The van der Waals surface area contributed by atoms with Crippen molar-refractivity contribution in [1.29, 1.82) is 0 Å². The zero-order chi connectivity index (χ0) is 17.8. The molecule has 0 bridgehead atoms. The number of carbonyl (C=O) groups excluding carboxylic acids is 2. The lowest BCUT2D eigenvalue weighted by atomic mass is 9.94. The lowest BCUT2D eigenvalue weighted by molar-refractivity contribution is -0.137. The van der Waals surface area contributed by atoms with Crippen LogP contribution in [-0.2, 0) is 16.6 Å². The van der Waals surface area contributed by atoms with Gasteiger partial charge in [0, 0.05) is 51.4 Å². The van der Waals surface area contributed by atoms with Crippen molar-refractivity contribution in [2.45, 2.75) is 38.1 Å². The minimum atomic E-state index is -0.339. The fourth-order valence-corrected chi connectivity index (χ4v) is 3.91. The molecule has 1 atom stereocenters. The van der Waals surface area contributed by atoms with Crippen LogP contribution in [0.4, 0.5) is 0 Å². The van der Waals surface area contributed by atoms with Gasteiger partial charge in [0.25, 0.3) is 0 Å². The maximum absolute atomic E-state index is 12.8. The van der Waals surface area contributed by atoms with E-state index in [-0.39, 0.29) is 24.4 Å². The Bertz CT molecular complexity index is 612. The van der Waals surface area contributed by atoms with Crippen LogP contribution in [0.15, 0.2) is 12.4 Å². The zero-order valence-corrected chi connectivity index (χ0v) is 16.5. The molecule has 7 nitrogen and oxygen atoms in total. The predicted octanol–water partition coefficient (Wildman–Crippen LogP) is 1.35. The molecule has 8 heteroatoms. The molecule has 26 heavy (non-hydrogen) atoms. The molecule has 0 radical (unpaired) electrons. The summed E-state index contributed by atoms with van der Waals surface area (Å²) >= 11 is 0. The molecule has 1 aromatic heterocycles. The van der Waals surface area contributed by atoms with E-state index < -0.39 is 0 Å². The quantitative estimate of drug-likeness (QED) is 0.833. The first kappa shape index (κ1) is 20.7. The van der Waals surface area contributed by atoms with E-state index >= 15 is 0 Å². The Balaban J connectivity index is 0.00000243. The number of aryl methyl sites for hydroxylation is 1. The van der Waals surface area contributed by atoms with Gasteiger partial charge in [0.2, 0.25) is 11.8 Å². The van der Waals surface area contributed by atoms with Crippen molar-refractivity contribution in [3.8, 4) is 0 Å². The summed E-state index contributed by atoms with van der Waals surface area (Å²) in [4.78, 5) is 28.8. The van der Waals surface area contributed by atoms with E-state index in [1.807, 2.05) is 30.1 Å². The first-order valence-corrected chi connectivity index (χ1v) is 9.31. The van der Waals surface area contributed by atoms with Crippen LogP contribution in [0, 0.1) is 5.92 Å². The van der Waals surface area contributed by atoms with Crippen LogP contribution >= 0.6 is 12.4 Å². The molecule has 0 aliphatic carbocycles. The first-order chi connectivity index (χ1) is 12.1. The zero-order valence-electron chi connectivity index (χ0n) is 15.7. The van der Waals surface area contributed by atoms with Crippen molar-refractivity contribution in [3.63, 3.8) is 0 Å². The fraction of sp³-hybridized carbons (Fsp3) is 0.722. The van der Waals surface area contributed by atoms with Crippen molar-refractivity contribution in [3.05, 3.63) is 18.0 Å². The number of halogens is 1. The number of nitrogens with zero attached hydrogens (tertiary/aromatic N) is 4. The van der Waals surface area contributed by atoms with E-state index in [2.05, 4.69) is 10.4 Å². The Morgan fingerprint density at radius 2 is 2.04 bits per heavy atom. The molecular formula is C18H30ClN5O2. The number of aromatic nitrogens is 2. The summed E-state index contributed by atoms with van der Waals surface area (Å²) in [6.45, 7) is 3.30. The number of rotatable bonds is 5. The second-order valence-corrected chi connectivity index (χ2v) is 7.23. The highest BCUT2D eigenvalue weighted by atomic mass is 35.5. The number of likely N-dealkylation sites (tertiary alicyclic amines) is 2. The maximum Gasteiger partial charge on any atom is 0.244 e. The molecule has 3 rings (SSSR count). The molecule has 2 aliphatic rings. The Labute approximate surface area is 161 Å². The highest BCUT2D eigenvalue weighted by Gasteiger charge is 2.30. The van der Waals surface area contributed by atoms with Gasteiger partial charge >= 0.3 is 0 Å². The summed E-state index contributed by atoms with van der Waals surface area (Å²) in [5, 5.41) is 7.28. The number of nitrogens with one attached hydrogen (secondary N) is 1. The van der Waals surface area contributed by atoms with E-state index in [4.69, 9.17) is 0 Å². The van der Waals surface area contributed by atoms with Crippen LogP contribution in [0.3, 0.4) is 0 Å². The third-order valence-corrected chi connectivity index (χ3v) is 5.42. The van der Waals surface area contributed by atoms with Gasteiger partial charge in [-0.05, 0) is 38.6 Å². The fourth-order valence-electron chi connectivity index (χ4n) is 3.91. The third-order valence-electron chi connectivity index (χ3n) is 5.42. The highest BCUT2D eigenvalue weighted by Crippen LogP contribution is 2.23. The molecule has 0 aromatic carbocycles. The van der Waals surface area contributed by atoms with Crippen molar-refractivity contribution in [1.82, 2.24) is 24.9 Å². The minimum absolute atomic E-state index is 0. The van der Waals surface area contributed by atoms with Crippen LogP contribution in [0.2, 0.25) is 0 Å². The van der Waals surface area contributed by atoms with Crippen LogP contribution in [0.5, 0.6) is 0 Å². The smallest absolute Gasteiger partial charge is 0.244 e. The molecule has 146 valence electrons. The average molecular weight is 384 g/mol. The van der Waals surface area contributed by atoms with Crippen LogP contribution in [0.25, 0.3) is 0 Å². The summed E-state index contributed by atoms with van der Waals surface area (Å²) in [5.41, 5.74) is 0.899. The standard InChI is InChI=1S/C18H29N5O2.ClH/c1-19-17(15-11-20-21(2)13-15)18(25)22-9-6-14(7-10-22)12-23-8-4-3-5-16(23)24;/h11,13-14,17,19H,3-10,12H2,1-2H3;1H. The normalized spacial score (nSPS) is 20.0. The number of carbonyl (C=O) groups is 2. The monoisotopic (exact) mass is 383 g/mol. The number of likely N-dealkylation sites (N-methyl/N-ethyl adjacent to an activating group) is 1. The molecule has 2 amide bonds. The first-order valence-electron chi connectivity index (χ1n) is 9.31. The topological polar surface area (TPSA) is 70.5 Å². The van der Waals surface area contributed by atoms with Gasteiger partial charge in [-0.2, -0.15) is 5.10 Å². The lowest BCUT2D eigenvalue weighted by Gasteiger charge is -2.37. The molecule has 2 aliphatic heterocycles. The lowest BCUT2D eigenvalue weighted by Crippen LogP contribution is -2.46. The summed E-state index contributed by atoms with van der Waals surface area (Å²) in [5.74, 6) is 0.928. The Kier molecular flexibility index (Phi) is 7.46. The number of hydrogen-bond acceptors (Lipinski definition) is 4. The highest BCUT2D eigenvalue weighted by molar-refractivity contribution is 5.85. The van der Waals surface area contributed by atoms with Crippen molar-refractivity contribution < 1.29 is 9.59 Å². The van der Waals surface area contributed by atoms with Gasteiger partial charge in [-0.3, -0.25) is 14.3 Å². The molecule has 0 saturated carbocycles. The van der Waals surface area contributed by atoms with Crippen LogP contribution < -0.4 is 5.32 Å². The summed E-state index contributed by atoms with van der Waals surface area (Å²) in [6.07, 6.45) is 8.42. The number of hydrogen-bond donors (Lipinski definition) is 1. The van der Waals surface area contributed by atoms with Crippen molar-refractivity contribution >= 4 is 24.2 Å². The molecule has 2 saturated heterocycles. The predicted molar refractivity (Wildman–Crippen MR) is 102 cm³/mol. The van der Waals surface area contributed by atoms with Gasteiger partial charge < -0.3 is 15.1 Å². The van der Waals surface area contributed by atoms with Gasteiger partial charge in [0.05, 0.1) is 6.20 Å². The molecular weight excluding hydrogens is 354 g/mol. The SMILES string of the molecule is CNC(C(=O)N1CCC(CN2CCCCC2=O)CC1)c1cnn(C)c1.Cl. The Hall–Kier alpha value is -1.60.